The molecule has 386 valence electrons. The summed E-state index contributed by atoms with van der Waals surface area (Å²) in [6.07, 6.45) is -7.46. The van der Waals surface area contributed by atoms with E-state index in [1.54, 1.807) is 13.8 Å². The Kier molecular flexibility index (Phi) is 12.6. The van der Waals surface area contributed by atoms with Gasteiger partial charge in [0.25, 0.3) is 0 Å². The number of Topliss-reactive ketones (excluding diaryl/α,β-unsaturated/α-hetero) is 2. The number of aliphatic hydroxyl groups is 1. The van der Waals surface area contributed by atoms with Crippen molar-refractivity contribution in [2.45, 2.75) is 94.7 Å². The maximum atomic E-state index is 15.7. The molecule has 2 aliphatic heterocycles. The normalized spacial score (nSPS) is 28.4. The molecule has 5 N–H and O–H groups in total. The largest absolute Gasteiger partial charge is 0.507 e. The molecule has 22 nitrogen and oxygen atoms in total. The van der Waals surface area contributed by atoms with Gasteiger partial charge in [-0.25, -0.2) is 0 Å². The van der Waals surface area contributed by atoms with Crippen LogP contribution in [-0.2, 0) is 23.7 Å². The minimum atomic E-state index is -1.57. The van der Waals surface area contributed by atoms with E-state index >= 15 is 9.59 Å². The predicted molar refractivity (Wildman–Crippen MR) is 255 cm³/mol. The maximum Gasteiger partial charge on any atom is 0.333 e. The quantitative estimate of drug-likeness (QED) is 0.0756. The summed E-state index contributed by atoms with van der Waals surface area (Å²) >= 11 is 0. The van der Waals surface area contributed by atoms with Crippen LogP contribution in [0.3, 0.4) is 0 Å². The smallest absolute Gasteiger partial charge is 0.333 e. The molecule has 0 bridgehead atoms. The molecular weight excluding hydrogens is 965 g/mol. The third kappa shape index (κ3) is 7.31. The van der Waals surface area contributed by atoms with Crippen LogP contribution in [0.1, 0.15) is 83.6 Å². The van der Waals surface area contributed by atoms with E-state index in [0.29, 0.717) is 0 Å². The van der Waals surface area contributed by atoms with Crippen LogP contribution in [0, 0.1) is 38.6 Å². The van der Waals surface area contributed by atoms with Gasteiger partial charge in [-0.05, 0) is 79.1 Å². The van der Waals surface area contributed by atoms with Crippen molar-refractivity contribution in [1.82, 2.24) is 9.80 Å². The standard InChI is InChI=1S/C52H52N6O16/c1-17-45(57(3)4)19(16-59)12-29(71-17)73-26-13-20(47(64)37-35(26)43(55-53)41-39(37)49(66)31-22(60)8-10-24(62)33(31)51(41)68)21-14-27(74-30-15-28(70-7)46(58(5)6)18(2)72-30)36-38(48(21)65)40-42(44(36)56-54)52(69)34-25(63)11-9-23(61)32(34)50(40)67/h8-11,17-21,26-30,45-46,59-63H,12-16H2,1-7H3/t17-,18-,19+,20?,21-,26-,27-,28-,29+,30+,45-,46-/m0/s1. The van der Waals surface area contributed by atoms with E-state index in [4.69, 9.17) is 23.7 Å². The summed E-state index contributed by atoms with van der Waals surface area (Å²) in [5.74, 6) is -8.24. The molecule has 74 heavy (non-hydrogen) atoms. The predicted octanol–water partition coefficient (Wildman–Crippen LogP) is 0.692. The van der Waals surface area contributed by atoms with Crippen LogP contribution in [0.2, 0.25) is 0 Å². The molecule has 2 aromatic rings. The Morgan fingerprint density at radius 3 is 1.30 bits per heavy atom. The molecule has 0 radical (unpaired) electrons. The SMILES string of the molecule is CO[C@H]1C[C@@H](O[C@H]2C[C@@H](C3C[C@H](O[C@@H]4C[C@H](CO)[C@@H](N(C)C)[C@H](C)O4)c4c(c5c(=O)c6c(O)ccc(O)c6c(=O)c=5c4=[N+]=[N-])C3=O)C(=O)c3c2c(=[N+]=[N-])c2c(=O)c4c(O)ccc(O)c4c(=O)c3=2)O[C@@H](C)[C@@H]1N(C)C. The number of phenolic OH excluding ortho intramolecular Hbond substituents is 4. The van der Waals surface area contributed by atoms with Gasteiger partial charge in [-0.3, -0.25) is 28.8 Å². The third-order valence-electron chi connectivity index (χ3n) is 15.9. The molecule has 10 rings (SSSR count). The number of phenols is 4. The Morgan fingerprint density at radius 1 is 0.581 bits per heavy atom. The van der Waals surface area contributed by atoms with Gasteiger partial charge in [0.05, 0.1) is 79.7 Å². The van der Waals surface area contributed by atoms with Crippen LogP contribution in [-0.4, -0.2) is 141 Å². The fraction of sp³-hybridized carbons (Fsp3) is 0.462. The summed E-state index contributed by atoms with van der Waals surface area (Å²) in [5.41, 5.74) is 15.8. The Morgan fingerprint density at radius 2 is 0.946 bits per heavy atom. The molecule has 22 heteroatoms. The van der Waals surface area contributed by atoms with E-state index in [0.717, 1.165) is 24.3 Å². The zero-order valence-electron chi connectivity index (χ0n) is 41.2. The first-order chi connectivity index (χ1) is 35.2. The number of likely N-dealkylation sites (N-methyl/N-ethyl adjacent to an activating group) is 2. The molecule has 2 heterocycles. The van der Waals surface area contributed by atoms with E-state index in [1.165, 1.54) is 7.11 Å². The summed E-state index contributed by atoms with van der Waals surface area (Å²) in [7, 11) is 8.85. The second-order valence-corrected chi connectivity index (χ2v) is 20.3. The second-order valence-electron chi connectivity index (χ2n) is 20.3. The Balaban J connectivity index is 1.22. The molecule has 12 atom stereocenters. The summed E-state index contributed by atoms with van der Waals surface area (Å²) in [4.78, 5) is 101. The number of carbonyl (C=O) groups is 2. The molecule has 0 amide bonds. The minimum Gasteiger partial charge on any atom is -0.507 e. The van der Waals surface area contributed by atoms with Crippen molar-refractivity contribution >= 4 is 33.1 Å². The Hall–Kier alpha value is -6.94. The number of benzene rings is 2. The molecule has 0 spiro atoms. The van der Waals surface area contributed by atoms with Crippen molar-refractivity contribution in [3.05, 3.63) is 130 Å². The van der Waals surface area contributed by atoms with E-state index in [9.17, 15) is 55.8 Å². The van der Waals surface area contributed by atoms with Gasteiger partial charge in [0.2, 0.25) is 10.9 Å². The van der Waals surface area contributed by atoms with E-state index in [1.807, 2.05) is 38.0 Å². The number of carbonyl (C=O) groups excluding carboxylic acids is 2. The van der Waals surface area contributed by atoms with Crippen LogP contribution in [0.25, 0.3) is 32.6 Å². The molecule has 0 aromatic heterocycles. The van der Waals surface area contributed by atoms with Crippen molar-refractivity contribution in [1.29, 1.82) is 0 Å². The molecule has 6 aliphatic carbocycles. The van der Waals surface area contributed by atoms with Crippen LogP contribution in [0.4, 0.5) is 0 Å². The number of aliphatic hydroxyl groups excluding tert-OH is 1. The molecule has 2 aromatic carbocycles. The summed E-state index contributed by atoms with van der Waals surface area (Å²) in [6, 6.07) is 3.41. The first kappa shape index (κ1) is 50.6. The number of nitrogens with zero attached hydrogens (tertiary/aromatic N) is 6. The maximum absolute atomic E-state index is 15.7. The number of ketones is 2. The molecule has 2 saturated heterocycles. The second kappa shape index (κ2) is 18.5. The van der Waals surface area contributed by atoms with Gasteiger partial charge in [0.1, 0.15) is 33.4 Å². The fourth-order valence-electron chi connectivity index (χ4n) is 13.0. The highest BCUT2D eigenvalue weighted by Crippen LogP contribution is 2.48. The lowest BCUT2D eigenvalue weighted by molar-refractivity contribution is -0.255. The average molecular weight is 1020 g/mol. The van der Waals surface area contributed by atoms with Crippen molar-refractivity contribution in [2.75, 3.05) is 41.9 Å². The van der Waals surface area contributed by atoms with E-state index < -0.39 is 194 Å². The van der Waals surface area contributed by atoms with Crippen LogP contribution < -0.4 is 32.4 Å². The Bertz CT molecular complexity index is 3660. The van der Waals surface area contributed by atoms with Gasteiger partial charge in [-0.1, -0.05) is 0 Å². The van der Waals surface area contributed by atoms with E-state index in [2.05, 4.69) is 9.58 Å². The van der Waals surface area contributed by atoms with Gasteiger partial charge in [0.15, 0.2) is 35.0 Å². The van der Waals surface area contributed by atoms with Crippen molar-refractivity contribution < 1.29 is 68.4 Å². The van der Waals surface area contributed by atoms with Gasteiger partial charge in [-0.2, -0.15) is 9.58 Å². The average Bonchev–Trinajstić information content (AvgIpc) is 3.94. The zero-order valence-corrected chi connectivity index (χ0v) is 41.2. The lowest BCUT2D eigenvalue weighted by Crippen LogP contribution is -2.55. The topological polar surface area (TPSA) is 329 Å². The van der Waals surface area contributed by atoms with Gasteiger partial charge in [0, 0.05) is 61.5 Å². The number of hydrogen-bond donors (Lipinski definition) is 5. The van der Waals surface area contributed by atoms with Crippen molar-refractivity contribution in [3.8, 4) is 23.0 Å². The van der Waals surface area contributed by atoms with Crippen LogP contribution >= 0.6 is 0 Å². The molecule has 8 aliphatic rings. The molecule has 0 saturated carbocycles. The number of aromatic hydroxyl groups is 4. The van der Waals surface area contributed by atoms with Gasteiger partial charge in [-0.15, -0.1) is 0 Å². The molecule has 2 fully saturated rings. The molecular formula is C52H52N6O16. The minimum absolute atomic E-state index is 0.0803. The number of fused-ring (bicyclic) bond motifs is 6. The van der Waals surface area contributed by atoms with Gasteiger partial charge >= 0.3 is 10.7 Å². The van der Waals surface area contributed by atoms with Gasteiger partial charge < -0.3 is 70.1 Å². The summed E-state index contributed by atoms with van der Waals surface area (Å²) < 4.78 is 32.1. The highest BCUT2D eigenvalue weighted by Gasteiger charge is 2.53. The highest BCUT2D eigenvalue weighted by atomic mass is 16.7. The van der Waals surface area contributed by atoms with Crippen LogP contribution in [0.15, 0.2) is 43.4 Å². The monoisotopic (exact) mass is 1020 g/mol. The Labute approximate surface area is 417 Å². The fourth-order valence-corrected chi connectivity index (χ4v) is 13.0. The number of ether oxygens (including phenoxy) is 5. The lowest BCUT2D eigenvalue weighted by atomic mass is 9.68. The highest BCUT2D eigenvalue weighted by molar-refractivity contribution is 6.09. The lowest BCUT2D eigenvalue weighted by Gasteiger charge is -2.45. The number of hydrogen-bond acceptors (Lipinski definition) is 18. The zero-order chi connectivity index (χ0) is 53.3. The van der Waals surface area contributed by atoms with E-state index in [-0.39, 0.29) is 42.7 Å². The summed E-state index contributed by atoms with van der Waals surface area (Å²) in [6.45, 7) is 3.28. The first-order valence-electron chi connectivity index (χ1n) is 24.1. The summed E-state index contributed by atoms with van der Waals surface area (Å²) in [5, 5.41) is 48.5. The van der Waals surface area contributed by atoms with Crippen molar-refractivity contribution in [2.24, 2.45) is 17.8 Å². The van der Waals surface area contributed by atoms with Crippen molar-refractivity contribution in [3.63, 3.8) is 0 Å². The first-order valence-corrected chi connectivity index (χ1v) is 24.1. The third-order valence-corrected chi connectivity index (χ3v) is 15.9. The number of rotatable bonds is 9. The molecule has 1 unspecified atom stereocenters. The van der Waals surface area contributed by atoms with Crippen LogP contribution in [0.5, 0.6) is 23.0 Å². The number of methoxy groups -OCH3 is 1.